The molecule has 0 bridgehead atoms. The Kier molecular flexibility index (Phi) is 15.0. The van der Waals surface area contributed by atoms with Crippen LogP contribution >= 0.6 is 31.9 Å². The van der Waals surface area contributed by atoms with Crippen molar-refractivity contribution in [2.24, 2.45) is 0 Å². The molecule has 0 aliphatic carbocycles. The molecule has 0 aliphatic heterocycles. The Morgan fingerprint density at radius 1 is 0.463 bits per heavy atom. The van der Waals surface area contributed by atoms with Gasteiger partial charge in [0, 0.05) is 0 Å². The van der Waals surface area contributed by atoms with Crippen LogP contribution in [0.15, 0.2) is 33.2 Å². The van der Waals surface area contributed by atoms with Crippen molar-refractivity contribution in [3.63, 3.8) is 0 Å². The molecule has 2 aromatic rings. The number of ether oxygens (including phenoxy) is 2. The summed E-state index contributed by atoms with van der Waals surface area (Å²) in [4.78, 5) is 26.8. The van der Waals surface area contributed by atoms with Gasteiger partial charge in [0.25, 0.3) is 33.3 Å². The van der Waals surface area contributed by atoms with Crippen molar-refractivity contribution in [2.45, 2.75) is 156 Å². The van der Waals surface area contributed by atoms with Crippen molar-refractivity contribution in [2.75, 3.05) is 13.2 Å². The van der Waals surface area contributed by atoms with Gasteiger partial charge in [0.15, 0.2) is 11.5 Å². The van der Waals surface area contributed by atoms with Crippen LogP contribution in [0.5, 0.6) is 23.0 Å². The number of esters is 2. The second kappa shape index (κ2) is 16.7. The molecule has 306 valence electrons. The van der Waals surface area contributed by atoms with Crippen LogP contribution < -0.4 is 17.7 Å². The summed E-state index contributed by atoms with van der Waals surface area (Å²) < 4.78 is 39.5. The minimum absolute atomic E-state index is 0.0499. The van der Waals surface area contributed by atoms with Gasteiger partial charge in [0.05, 0.1) is 20.1 Å². The number of halogens is 2. The normalized spacial score (nSPS) is 13.7. The first-order valence-electron chi connectivity index (χ1n) is 18.7. The van der Waals surface area contributed by atoms with Gasteiger partial charge in [-0.25, -0.2) is 9.59 Å². The predicted molar refractivity (Wildman–Crippen MR) is 240 cm³/mol. The van der Waals surface area contributed by atoms with E-state index in [4.69, 9.17) is 27.2 Å². The number of benzene rings is 2. The van der Waals surface area contributed by atoms with Crippen LogP contribution in [0.2, 0.25) is 72.5 Å². The van der Waals surface area contributed by atoms with E-state index < -0.39 is 45.2 Å². The standard InChI is InChI=1S/C40H68Br2O8Si4/c1-37(2,3)51(13,14)47-31-25-27(23-29(41)33(31)49-53(17,18)39(7,8)9)35(43)45-21-22-46-36(44)28-24-30(42)34(50-54(19,20)40(10,11)12)32(26-28)48-52(15,16)38(4,5)6/h23-26H,21-22H2,1-20H3. The third kappa shape index (κ3) is 12.0. The lowest BCUT2D eigenvalue weighted by Crippen LogP contribution is -2.46. The number of carbonyl (C=O) groups excluding carboxylic acids is 2. The number of carbonyl (C=O) groups is 2. The van der Waals surface area contributed by atoms with Gasteiger partial charge in [-0.15, -0.1) is 0 Å². The maximum atomic E-state index is 13.4. The minimum atomic E-state index is -2.32. The molecule has 0 amide bonds. The van der Waals surface area contributed by atoms with E-state index >= 15 is 0 Å². The summed E-state index contributed by atoms with van der Waals surface area (Å²) in [6.45, 7) is 43.2. The van der Waals surface area contributed by atoms with E-state index in [-0.39, 0.29) is 33.4 Å². The Labute approximate surface area is 347 Å². The van der Waals surface area contributed by atoms with Crippen LogP contribution in [0.4, 0.5) is 0 Å². The highest BCUT2D eigenvalue weighted by molar-refractivity contribution is 9.11. The van der Waals surface area contributed by atoms with Gasteiger partial charge in [-0.2, -0.15) is 0 Å². The van der Waals surface area contributed by atoms with E-state index in [1.165, 1.54) is 0 Å². The first-order chi connectivity index (χ1) is 23.9. The lowest BCUT2D eigenvalue weighted by atomic mass is 10.2. The number of rotatable bonds is 13. The second-order valence-electron chi connectivity index (χ2n) is 20.3. The van der Waals surface area contributed by atoms with E-state index in [2.05, 4.69) is 167 Å². The van der Waals surface area contributed by atoms with Crippen LogP contribution in [-0.4, -0.2) is 58.4 Å². The molecular weight excluding hydrogens is 881 g/mol. The first kappa shape index (κ1) is 48.6. The highest BCUT2D eigenvalue weighted by Gasteiger charge is 2.44. The first-order valence-corrected chi connectivity index (χ1v) is 31.9. The molecule has 0 unspecified atom stereocenters. The Hall–Kier alpha value is -1.59. The molecule has 2 aromatic carbocycles. The summed E-state index contributed by atoms with van der Waals surface area (Å²) in [7, 11) is -9.17. The molecule has 2 rings (SSSR count). The fraction of sp³-hybridized carbons (Fsp3) is 0.650. The van der Waals surface area contributed by atoms with E-state index in [9.17, 15) is 9.59 Å². The molecule has 54 heavy (non-hydrogen) atoms. The lowest BCUT2D eigenvalue weighted by Gasteiger charge is -2.40. The molecule has 0 saturated carbocycles. The molecule has 0 saturated heterocycles. The van der Waals surface area contributed by atoms with Gasteiger partial charge >= 0.3 is 11.9 Å². The second-order valence-corrected chi connectivity index (χ2v) is 40.9. The van der Waals surface area contributed by atoms with Crippen LogP contribution in [0.3, 0.4) is 0 Å². The van der Waals surface area contributed by atoms with Gasteiger partial charge in [-0.1, -0.05) is 83.1 Å². The third-order valence-electron chi connectivity index (χ3n) is 11.7. The molecule has 0 N–H and O–H groups in total. The molecule has 0 heterocycles. The molecule has 8 nitrogen and oxygen atoms in total. The van der Waals surface area contributed by atoms with Gasteiger partial charge in [0.1, 0.15) is 24.7 Å². The monoisotopic (exact) mass is 946 g/mol. The molecule has 14 heteroatoms. The summed E-state index contributed by atoms with van der Waals surface area (Å²) in [5.41, 5.74) is 0.608. The van der Waals surface area contributed by atoms with E-state index in [0.29, 0.717) is 43.1 Å². The average molecular weight is 949 g/mol. The quantitative estimate of drug-likeness (QED) is 0.111. The Bertz CT molecular complexity index is 1560. The van der Waals surface area contributed by atoms with E-state index in [1.54, 1.807) is 24.3 Å². The Morgan fingerprint density at radius 3 is 0.944 bits per heavy atom. The van der Waals surface area contributed by atoms with E-state index in [0.717, 1.165) is 0 Å². The van der Waals surface area contributed by atoms with Crippen molar-refractivity contribution in [1.82, 2.24) is 0 Å². The molecule has 0 spiro atoms. The molecule has 0 aromatic heterocycles. The van der Waals surface area contributed by atoms with Crippen molar-refractivity contribution in [3.05, 3.63) is 44.3 Å². The zero-order valence-electron chi connectivity index (χ0n) is 36.7. The predicted octanol–water partition coefficient (Wildman–Crippen LogP) is 13.8. The van der Waals surface area contributed by atoms with Gasteiger partial charge in [0.2, 0.25) is 0 Å². The molecular formula is C40H68Br2O8Si4. The third-order valence-corrected chi connectivity index (χ3v) is 30.2. The van der Waals surface area contributed by atoms with Gasteiger partial charge in [-0.05, 0) is 129 Å². The Balaban J connectivity index is 2.36. The average Bonchev–Trinajstić information content (AvgIpc) is 2.95. The zero-order valence-corrected chi connectivity index (χ0v) is 43.9. The number of hydrogen-bond acceptors (Lipinski definition) is 8. The summed E-state index contributed by atoms with van der Waals surface area (Å²) in [6, 6.07) is 6.81. The van der Waals surface area contributed by atoms with Crippen LogP contribution in [0.1, 0.15) is 104 Å². The molecule has 0 atom stereocenters. The smallest absolute Gasteiger partial charge is 0.338 e. The SMILES string of the molecule is CC(C)(C)[Si](C)(C)Oc1cc(C(=O)OCCOC(=O)c2cc(Br)c(O[Si](C)(C)C(C)(C)C)c(O[Si](C)(C)C(C)(C)C)c2)cc(Br)c1O[Si](C)(C)C(C)(C)C. The minimum Gasteiger partial charge on any atom is -0.541 e. The molecule has 0 aliphatic rings. The lowest BCUT2D eigenvalue weighted by molar-refractivity contribution is 0.0265. The van der Waals surface area contributed by atoms with Crippen molar-refractivity contribution in [1.29, 1.82) is 0 Å². The van der Waals surface area contributed by atoms with Crippen molar-refractivity contribution < 1.29 is 36.8 Å². The van der Waals surface area contributed by atoms with Crippen LogP contribution in [-0.2, 0) is 9.47 Å². The van der Waals surface area contributed by atoms with E-state index in [1.807, 2.05) is 0 Å². The number of hydrogen-bond donors (Lipinski definition) is 0. The summed E-state index contributed by atoms with van der Waals surface area (Å²) >= 11 is 7.36. The highest BCUT2D eigenvalue weighted by atomic mass is 79.9. The fourth-order valence-corrected chi connectivity index (χ4v) is 9.24. The van der Waals surface area contributed by atoms with Gasteiger partial charge in [-0.3, -0.25) is 0 Å². The molecule has 0 radical (unpaired) electrons. The largest absolute Gasteiger partial charge is 0.541 e. The van der Waals surface area contributed by atoms with Gasteiger partial charge < -0.3 is 27.2 Å². The highest BCUT2D eigenvalue weighted by Crippen LogP contribution is 2.48. The summed E-state index contributed by atoms with van der Waals surface area (Å²) in [6.07, 6.45) is 0. The summed E-state index contributed by atoms with van der Waals surface area (Å²) in [5.74, 6) is 1.10. The van der Waals surface area contributed by atoms with Crippen molar-refractivity contribution in [3.8, 4) is 23.0 Å². The van der Waals surface area contributed by atoms with Crippen LogP contribution in [0.25, 0.3) is 0 Å². The zero-order chi connectivity index (χ0) is 42.3. The maximum Gasteiger partial charge on any atom is 0.338 e. The maximum absolute atomic E-state index is 13.4. The topological polar surface area (TPSA) is 89.5 Å². The summed E-state index contributed by atoms with van der Waals surface area (Å²) in [5, 5.41) is -0.268. The fourth-order valence-electron chi connectivity index (χ4n) is 3.83. The van der Waals surface area contributed by atoms with Crippen LogP contribution in [0, 0.1) is 0 Å². The Morgan fingerprint density at radius 2 is 0.704 bits per heavy atom. The molecule has 0 fully saturated rings. The van der Waals surface area contributed by atoms with Crippen molar-refractivity contribution >= 4 is 77.1 Å².